The molecule has 0 aliphatic rings. The molecule has 0 spiro atoms. The van der Waals surface area contributed by atoms with Crippen LogP contribution in [0.5, 0.6) is 0 Å². The third-order valence-electron chi connectivity index (χ3n) is 4.57. The third-order valence-corrected chi connectivity index (χ3v) is 4.57. The van der Waals surface area contributed by atoms with Crippen molar-refractivity contribution in [2.24, 2.45) is 11.5 Å². The molecule has 0 saturated carbocycles. The summed E-state index contributed by atoms with van der Waals surface area (Å²) in [6, 6.07) is 12.3. The Morgan fingerprint density at radius 1 is 0.900 bits per heavy atom. The summed E-state index contributed by atoms with van der Waals surface area (Å²) in [5.74, 6) is 0. The average Bonchev–Trinajstić information content (AvgIpc) is 2.49. The summed E-state index contributed by atoms with van der Waals surface area (Å²) < 4.78 is 0. The van der Waals surface area contributed by atoms with Gasteiger partial charge in [0.2, 0.25) is 0 Å². The molecule has 0 fully saturated rings. The number of hydrogen-bond acceptors (Lipinski definition) is 2. The van der Waals surface area contributed by atoms with Crippen molar-refractivity contribution in [2.45, 2.75) is 33.2 Å². The number of rotatable bonds is 3. The molecule has 2 aromatic carbocycles. The fourth-order valence-electron chi connectivity index (χ4n) is 2.79. The van der Waals surface area contributed by atoms with Crippen molar-refractivity contribution >= 4 is 0 Å². The van der Waals surface area contributed by atoms with Crippen LogP contribution in [-0.2, 0) is 5.54 Å². The van der Waals surface area contributed by atoms with E-state index < -0.39 is 5.54 Å². The van der Waals surface area contributed by atoms with Gasteiger partial charge in [-0.05, 0) is 61.1 Å². The highest BCUT2D eigenvalue weighted by Gasteiger charge is 2.30. The number of benzene rings is 2. The largest absolute Gasteiger partial charge is 0.328 e. The zero-order valence-corrected chi connectivity index (χ0v) is 12.8. The summed E-state index contributed by atoms with van der Waals surface area (Å²) in [4.78, 5) is 0. The summed E-state index contributed by atoms with van der Waals surface area (Å²) in [5.41, 5.74) is 19.5. The molecule has 0 aromatic heterocycles. The van der Waals surface area contributed by atoms with Crippen molar-refractivity contribution in [3.05, 3.63) is 69.8 Å². The lowest BCUT2D eigenvalue weighted by Crippen LogP contribution is -2.45. The van der Waals surface area contributed by atoms with Crippen LogP contribution in [0, 0.1) is 27.7 Å². The van der Waals surface area contributed by atoms with Gasteiger partial charge in [0.15, 0.2) is 0 Å². The van der Waals surface area contributed by atoms with E-state index in [9.17, 15) is 0 Å². The first-order chi connectivity index (χ1) is 9.41. The molecule has 2 rings (SSSR count). The van der Waals surface area contributed by atoms with Gasteiger partial charge in [-0.25, -0.2) is 0 Å². The van der Waals surface area contributed by atoms with E-state index in [1.54, 1.807) is 0 Å². The van der Waals surface area contributed by atoms with E-state index in [2.05, 4.69) is 45.9 Å². The first-order valence-electron chi connectivity index (χ1n) is 7.04. The van der Waals surface area contributed by atoms with Gasteiger partial charge in [0.25, 0.3) is 0 Å². The highest BCUT2D eigenvalue weighted by Crippen LogP contribution is 2.32. The Balaban J connectivity index is 2.70. The van der Waals surface area contributed by atoms with Gasteiger partial charge >= 0.3 is 0 Å². The Labute approximate surface area is 121 Å². The van der Waals surface area contributed by atoms with Crippen LogP contribution in [0.2, 0.25) is 0 Å². The minimum absolute atomic E-state index is 0.389. The third kappa shape index (κ3) is 2.26. The molecule has 4 N–H and O–H groups in total. The topological polar surface area (TPSA) is 52.0 Å². The molecule has 2 aromatic rings. The monoisotopic (exact) mass is 268 g/mol. The molecule has 2 heteroatoms. The van der Waals surface area contributed by atoms with Crippen LogP contribution in [0.25, 0.3) is 0 Å². The van der Waals surface area contributed by atoms with Gasteiger partial charge in [-0.1, -0.05) is 36.4 Å². The maximum absolute atomic E-state index is 6.70. The average molecular weight is 268 g/mol. The van der Waals surface area contributed by atoms with Crippen LogP contribution >= 0.6 is 0 Å². The highest BCUT2D eigenvalue weighted by molar-refractivity contribution is 5.50. The zero-order valence-electron chi connectivity index (χ0n) is 12.8. The summed E-state index contributed by atoms with van der Waals surface area (Å²) in [5, 5.41) is 0. The van der Waals surface area contributed by atoms with Crippen LogP contribution in [0.3, 0.4) is 0 Å². The van der Waals surface area contributed by atoms with Gasteiger partial charge in [0.1, 0.15) is 0 Å². The molecule has 1 atom stereocenters. The summed E-state index contributed by atoms with van der Waals surface area (Å²) in [7, 11) is 0. The highest BCUT2D eigenvalue weighted by atomic mass is 14.8. The Bertz CT molecular complexity index is 617. The van der Waals surface area contributed by atoms with E-state index in [4.69, 9.17) is 11.5 Å². The molecule has 20 heavy (non-hydrogen) atoms. The van der Waals surface area contributed by atoms with Crippen molar-refractivity contribution in [1.82, 2.24) is 0 Å². The SMILES string of the molecule is Cc1cc(C(N)(CN)c2ccccc2)c(C)c(C)c1C. The van der Waals surface area contributed by atoms with E-state index in [0.717, 1.165) is 11.1 Å². The normalized spacial score (nSPS) is 14.1. The summed E-state index contributed by atoms with van der Waals surface area (Å²) in [6.07, 6.45) is 0. The molecule has 0 radical (unpaired) electrons. The molecule has 0 amide bonds. The van der Waals surface area contributed by atoms with Crippen molar-refractivity contribution in [3.63, 3.8) is 0 Å². The minimum atomic E-state index is -0.630. The van der Waals surface area contributed by atoms with Gasteiger partial charge in [0.05, 0.1) is 5.54 Å². The van der Waals surface area contributed by atoms with Crippen LogP contribution in [0.4, 0.5) is 0 Å². The molecule has 0 heterocycles. The molecule has 2 nitrogen and oxygen atoms in total. The van der Waals surface area contributed by atoms with E-state index in [1.807, 2.05) is 18.2 Å². The van der Waals surface area contributed by atoms with Crippen molar-refractivity contribution in [2.75, 3.05) is 6.54 Å². The molecule has 106 valence electrons. The molecule has 0 saturated heterocycles. The van der Waals surface area contributed by atoms with Gasteiger partial charge in [0, 0.05) is 6.54 Å². The van der Waals surface area contributed by atoms with Crippen LogP contribution in [0.1, 0.15) is 33.4 Å². The fourth-order valence-corrected chi connectivity index (χ4v) is 2.79. The summed E-state index contributed by atoms with van der Waals surface area (Å²) in [6.45, 7) is 8.97. The van der Waals surface area contributed by atoms with E-state index in [1.165, 1.54) is 22.3 Å². The van der Waals surface area contributed by atoms with Crippen LogP contribution in [-0.4, -0.2) is 6.54 Å². The van der Waals surface area contributed by atoms with Gasteiger partial charge < -0.3 is 11.5 Å². The van der Waals surface area contributed by atoms with Gasteiger partial charge in [-0.3, -0.25) is 0 Å². The second-order valence-corrected chi connectivity index (χ2v) is 5.66. The maximum Gasteiger partial charge on any atom is 0.0792 e. The lowest BCUT2D eigenvalue weighted by molar-refractivity contribution is 0.547. The fraction of sp³-hybridized carbons (Fsp3) is 0.333. The molecule has 0 bridgehead atoms. The summed E-state index contributed by atoms with van der Waals surface area (Å²) >= 11 is 0. The predicted octanol–water partition coefficient (Wildman–Crippen LogP) is 3.08. The molecule has 0 aliphatic carbocycles. The second kappa shape index (κ2) is 5.39. The zero-order chi connectivity index (χ0) is 14.9. The van der Waals surface area contributed by atoms with Crippen LogP contribution in [0.15, 0.2) is 36.4 Å². The lowest BCUT2D eigenvalue weighted by Gasteiger charge is -2.32. The number of hydrogen-bond donors (Lipinski definition) is 2. The van der Waals surface area contributed by atoms with E-state index in [-0.39, 0.29) is 0 Å². The molecular weight excluding hydrogens is 244 g/mol. The maximum atomic E-state index is 6.70. The molecule has 0 aliphatic heterocycles. The van der Waals surface area contributed by atoms with Gasteiger partial charge in [-0.15, -0.1) is 0 Å². The van der Waals surface area contributed by atoms with E-state index >= 15 is 0 Å². The first-order valence-corrected chi connectivity index (χ1v) is 7.04. The second-order valence-electron chi connectivity index (χ2n) is 5.66. The lowest BCUT2D eigenvalue weighted by atomic mass is 9.78. The van der Waals surface area contributed by atoms with E-state index in [0.29, 0.717) is 6.54 Å². The first kappa shape index (κ1) is 14.8. The standard InChI is InChI=1S/C18H24N2/c1-12-10-17(15(4)14(3)13(12)2)18(20,11-19)16-8-6-5-7-9-16/h5-10H,11,19-20H2,1-4H3. The Morgan fingerprint density at radius 3 is 2.05 bits per heavy atom. The molecule has 1 unspecified atom stereocenters. The smallest absolute Gasteiger partial charge is 0.0792 e. The molecular formula is C18H24N2. The quantitative estimate of drug-likeness (QED) is 0.898. The van der Waals surface area contributed by atoms with Gasteiger partial charge in [-0.2, -0.15) is 0 Å². The Kier molecular flexibility index (Phi) is 3.98. The van der Waals surface area contributed by atoms with Crippen molar-refractivity contribution in [1.29, 1.82) is 0 Å². The number of nitrogens with two attached hydrogens (primary N) is 2. The number of aryl methyl sites for hydroxylation is 1. The minimum Gasteiger partial charge on any atom is -0.328 e. The Morgan fingerprint density at radius 2 is 1.50 bits per heavy atom. The predicted molar refractivity (Wildman–Crippen MR) is 85.9 cm³/mol. The van der Waals surface area contributed by atoms with Crippen molar-refractivity contribution < 1.29 is 0 Å². The van der Waals surface area contributed by atoms with Crippen molar-refractivity contribution in [3.8, 4) is 0 Å². The Hall–Kier alpha value is -1.64. The van der Waals surface area contributed by atoms with Crippen LogP contribution < -0.4 is 11.5 Å².